The third-order valence-electron chi connectivity index (χ3n) is 4.95. The van der Waals surface area contributed by atoms with Crippen LogP contribution in [0.5, 0.6) is 5.75 Å². The van der Waals surface area contributed by atoms with Gasteiger partial charge < -0.3 is 4.74 Å². The quantitative estimate of drug-likeness (QED) is 0.181. The zero-order chi connectivity index (χ0) is 22.0. The predicted octanol–water partition coefficient (Wildman–Crippen LogP) is 6.82. The highest BCUT2D eigenvalue weighted by Crippen LogP contribution is 2.27. The van der Waals surface area contributed by atoms with E-state index in [4.69, 9.17) is 4.74 Å². The Kier molecular flexibility index (Phi) is 8.29. The van der Waals surface area contributed by atoms with Crippen molar-refractivity contribution >= 4 is 23.5 Å². The van der Waals surface area contributed by atoms with E-state index in [2.05, 4.69) is 76.3 Å². The van der Waals surface area contributed by atoms with E-state index < -0.39 is 0 Å². The number of aromatic nitrogens is 3. The molecule has 0 fully saturated rings. The lowest BCUT2D eigenvalue weighted by atomic mass is 10.2. The molecule has 0 aliphatic rings. The Morgan fingerprint density at radius 1 is 0.781 bits per heavy atom. The van der Waals surface area contributed by atoms with Crippen LogP contribution in [0.4, 0.5) is 0 Å². The van der Waals surface area contributed by atoms with E-state index in [0.717, 1.165) is 53.4 Å². The van der Waals surface area contributed by atoms with Crippen molar-refractivity contribution < 1.29 is 4.74 Å². The van der Waals surface area contributed by atoms with E-state index in [-0.39, 0.29) is 0 Å². The first-order valence-corrected chi connectivity index (χ1v) is 12.8. The van der Waals surface area contributed by atoms with Crippen molar-refractivity contribution in [3.05, 3.63) is 96.3 Å². The minimum atomic E-state index is 0.732. The Morgan fingerprint density at radius 2 is 1.50 bits per heavy atom. The van der Waals surface area contributed by atoms with Crippen LogP contribution in [-0.4, -0.2) is 27.1 Å². The number of rotatable bonds is 11. The summed E-state index contributed by atoms with van der Waals surface area (Å²) in [7, 11) is 0. The van der Waals surface area contributed by atoms with Crippen molar-refractivity contribution in [1.29, 1.82) is 0 Å². The number of aryl methyl sites for hydroxylation is 1. The molecule has 4 rings (SSSR count). The number of hydrogen-bond acceptors (Lipinski definition) is 5. The van der Waals surface area contributed by atoms with Crippen molar-refractivity contribution in [3.8, 4) is 11.4 Å². The summed E-state index contributed by atoms with van der Waals surface area (Å²) in [5.74, 6) is 3.70. The number of ether oxygens (including phenoxy) is 1. The standard InChI is InChI=1S/C26H27N3OS2/c1-21-12-8-9-17-24(21)30-18-10-11-19-31-26-28-27-25(20-32-23-15-6-3-7-16-23)29(26)22-13-4-2-5-14-22/h2-9,12-17H,10-11,18-20H2,1H3. The Morgan fingerprint density at radius 3 is 2.28 bits per heavy atom. The SMILES string of the molecule is Cc1ccccc1OCCCCSc1nnc(CSc2ccccc2)n1-c1ccccc1. The van der Waals surface area contributed by atoms with Crippen LogP contribution in [0, 0.1) is 6.92 Å². The molecule has 0 bridgehead atoms. The number of thioether (sulfide) groups is 2. The minimum absolute atomic E-state index is 0.732. The summed E-state index contributed by atoms with van der Waals surface area (Å²) in [5, 5.41) is 9.98. The second kappa shape index (κ2) is 11.8. The molecule has 0 N–H and O–H groups in total. The lowest BCUT2D eigenvalue weighted by Crippen LogP contribution is -2.02. The van der Waals surface area contributed by atoms with Gasteiger partial charge in [-0.1, -0.05) is 66.4 Å². The van der Waals surface area contributed by atoms with Crippen LogP contribution in [0.2, 0.25) is 0 Å². The van der Waals surface area contributed by atoms with Crippen molar-refractivity contribution in [2.24, 2.45) is 0 Å². The summed E-state index contributed by atoms with van der Waals surface area (Å²) >= 11 is 3.54. The lowest BCUT2D eigenvalue weighted by Gasteiger charge is -2.11. The Balaban J connectivity index is 1.34. The number of hydrogen-bond donors (Lipinski definition) is 0. The molecule has 0 atom stereocenters. The van der Waals surface area contributed by atoms with Gasteiger partial charge in [0.05, 0.1) is 12.4 Å². The molecule has 0 aliphatic heterocycles. The van der Waals surface area contributed by atoms with E-state index in [1.165, 1.54) is 10.5 Å². The number of para-hydroxylation sites is 2. The summed E-state index contributed by atoms with van der Waals surface area (Å²) in [6.07, 6.45) is 2.07. The number of benzene rings is 3. The van der Waals surface area contributed by atoms with Gasteiger partial charge in [-0.3, -0.25) is 4.57 Å². The summed E-state index contributed by atoms with van der Waals surface area (Å²) in [6, 6.07) is 29.0. The monoisotopic (exact) mass is 461 g/mol. The second-order valence-electron chi connectivity index (χ2n) is 7.34. The second-order valence-corrected chi connectivity index (χ2v) is 9.45. The van der Waals surface area contributed by atoms with Gasteiger partial charge in [0.1, 0.15) is 11.6 Å². The van der Waals surface area contributed by atoms with Crippen LogP contribution in [0.3, 0.4) is 0 Å². The fourth-order valence-corrected chi connectivity index (χ4v) is 5.06. The van der Waals surface area contributed by atoms with E-state index in [0.29, 0.717) is 0 Å². The maximum Gasteiger partial charge on any atom is 0.195 e. The van der Waals surface area contributed by atoms with Gasteiger partial charge >= 0.3 is 0 Å². The highest BCUT2D eigenvalue weighted by atomic mass is 32.2. The highest BCUT2D eigenvalue weighted by Gasteiger charge is 2.14. The van der Waals surface area contributed by atoms with Gasteiger partial charge in [-0.05, 0) is 55.7 Å². The minimum Gasteiger partial charge on any atom is -0.493 e. The van der Waals surface area contributed by atoms with Gasteiger partial charge in [-0.25, -0.2) is 0 Å². The lowest BCUT2D eigenvalue weighted by molar-refractivity contribution is 0.308. The predicted molar refractivity (Wildman–Crippen MR) is 134 cm³/mol. The average Bonchev–Trinajstić information content (AvgIpc) is 3.25. The van der Waals surface area contributed by atoms with Gasteiger partial charge in [-0.2, -0.15) is 0 Å². The van der Waals surface area contributed by atoms with Gasteiger partial charge in [0.2, 0.25) is 0 Å². The molecule has 3 aromatic carbocycles. The van der Waals surface area contributed by atoms with Crippen molar-refractivity contribution in [2.45, 2.75) is 35.6 Å². The van der Waals surface area contributed by atoms with Crippen molar-refractivity contribution in [1.82, 2.24) is 14.8 Å². The molecule has 1 heterocycles. The zero-order valence-corrected chi connectivity index (χ0v) is 19.8. The maximum atomic E-state index is 5.92. The third-order valence-corrected chi connectivity index (χ3v) is 6.97. The molecule has 32 heavy (non-hydrogen) atoms. The molecular formula is C26H27N3OS2. The molecule has 0 unspecified atom stereocenters. The first-order chi connectivity index (χ1) is 15.8. The molecule has 0 saturated heterocycles. The summed E-state index contributed by atoms with van der Waals surface area (Å²) in [6.45, 7) is 2.81. The largest absolute Gasteiger partial charge is 0.493 e. The van der Waals surface area contributed by atoms with Crippen LogP contribution in [-0.2, 0) is 5.75 Å². The van der Waals surface area contributed by atoms with E-state index in [1.807, 2.05) is 30.3 Å². The van der Waals surface area contributed by atoms with Crippen molar-refractivity contribution in [3.63, 3.8) is 0 Å². The first-order valence-electron chi connectivity index (χ1n) is 10.8. The average molecular weight is 462 g/mol. The molecule has 0 aliphatic carbocycles. The summed E-state index contributed by atoms with van der Waals surface area (Å²) in [4.78, 5) is 1.23. The van der Waals surface area contributed by atoms with Crippen LogP contribution in [0.25, 0.3) is 5.69 Å². The summed E-state index contributed by atoms with van der Waals surface area (Å²) in [5.41, 5.74) is 2.28. The molecule has 4 aromatic rings. The molecule has 1 aromatic heterocycles. The molecule has 0 amide bonds. The maximum absolute atomic E-state index is 5.92. The Labute approximate surface area is 198 Å². The van der Waals surface area contributed by atoms with Crippen LogP contribution in [0.15, 0.2) is 95.0 Å². The van der Waals surface area contributed by atoms with Crippen LogP contribution in [0.1, 0.15) is 24.2 Å². The zero-order valence-electron chi connectivity index (χ0n) is 18.2. The third kappa shape index (κ3) is 6.17. The fourth-order valence-electron chi connectivity index (χ4n) is 3.26. The van der Waals surface area contributed by atoms with E-state index in [9.17, 15) is 0 Å². The van der Waals surface area contributed by atoms with Gasteiger partial charge in [0.25, 0.3) is 0 Å². The normalized spacial score (nSPS) is 10.9. The molecular weight excluding hydrogens is 434 g/mol. The molecule has 0 radical (unpaired) electrons. The molecule has 164 valence electrons. The molecule has 0 spiro atoms. The summed E-state index contributed by atoms with van der Waals surface area (Å²) < 4.78 is 8.10. The number of nitrogens with zero attached hydrogens (tertiary/aromatic N) is 3. The topological polar surface area (TPSA) is 39.9 Å². The van der Waals surface area contributed by atoms with E-state index in [1.54, 1.807) is 23.5 Å². The molecule has 0 saturated carbocycles. The Bertz CT molecular complexity index is 1100. The highest BCUT2D eigenvalue weighted by molar-refractivity contribution is 7.99. The van der Waals surface area contributed by atoms with Gasteiger partial charge in [-0.15, -0.1) is 22.0 Å². The van der Waals surface area contributed by atoms with Gasteiger partial charge in [0.15, 0.2) is 5.16 Å². The molecule has 6 heteroatoms. The Hall–Kier alpha value is -2.70. The fraction of sp³-hybridized carbons (Fsp3) is 0.231. The first kappa shape index (κ1) is 22.5. The number of unbranched alkanes of at least 4 members (excludes halogenated alkanes) is 1. The van der Waals surface area contributed by atoms with E-state index >= 15 is 0 Å². The van der Waals surface area contributed by atoms with Gasteiger partial charge in [0, 0.05) is 16.3 Å². The van der Waals surface area contributed by atoms with Crippen molar-refractivity contribution in [2.75, 3.05) is 12.4 Å². The van der Waals surface area contributed by atoms with Crippen LogP contribution < -0.4 is 4.74 Å². The van der Waals surface area contributed by atoms with Crippen LogP contribution >= 0.6 is 23.5 Å². The smallest absolute Gasteiger partial charge is 0.195 e. The molecule has 4 nitrogen and oxygen atoms in total.